The maximum Gasteiger partial charge on any atom is 0.270 e. The fourth-order valence-electron chi connectivity index (χ4n) is 1.81. The molecule has 0 bridgehead atoms. The summed E-state index contributed by atoms with van der Waals surface area (Å²) in [5.41, 5.74) is 0.870. The van der Waals surface area contributed by atoms with Crippen molar-refractivity contribution >= 4 is 5.69 Å². The van der Waals surface area contributed by atoms with Gasteiger partial charge in [-0.3, -0.25) is 10.1 Å². The van der Waals surface area contributed by atoms with Crippen LogP contribution in [-0.4, -0.2) is 30.8 Å². The van der Waals surface area contributed by atoms with E-state index in [1.165, 1.54) is 6.07 Å². The Morgan fingerprint density at radius 1 is 1.33 bits per heavy atom. The highest BCUT2D eigenvalue weighted by Gasteiger charge is 2.14. The number of hydrogen-bond donors (Lipinski definition) is 1. The topological polar surface area (TPSA) is 73.6 Å². The molecule has 0 amide bonds. The van der Waals surface area contributed by atoms with Crippen LogP contribution in [0.2, 0.25) is 0 Å². The molecule has 21 heavy (non-hydrogen) atoms. The maximum absolute atomic E-state index is 10.9. The first-order valence-electron chi connectivity index (χ1n) is 7.10. The van der Waals surface area contributed by atoms with E-state index in [-0.39, 0.29) is 11.8 Å². The van der Waals surface area contributed by atoms with E-state index >= 15 is 0 Å². The number of nitro groups is 1. The number of non-ortho nitro benzene ring substituents is 1. The van der Waals surface area contributed by atoms with Crippen LogP contribution in [0.3, 0.4) is 0 Å². The second-order valence-electron chi connectivity index (χ2n) is 5.29. The molecule has 1 atom stereocenters. The Kier molecular flexibility index (Phi) is 7.11. The average Bonchev–Trinajstić information content (AvgIpc) is 2.43. The molecule has 1 rings (SSSR count). The number of hydrogen-bond acceptors (Lipinski definition) is 5. The van der Waals surface area contributed by atoms with Crippen molar-refractivity contribution in [2.45, 2.75) is 45.9 Å². The lowest BCUT2D eigenvalue weighted by Crippen LogP contribution is -2.23. The van der Waals surface area contributed by atoms with E-state index in [0.717, 1.165) is 12.0 Å². The van der Waals surface area contributed by atoms with Crippen molar-refractivity contribution in [3.05, 3.63) is 33.9 Å². The first kappa shape index (κ1) is 17.4. The quantitative estimate of drug-likeness (QED) is 0.560. The van der Waals surface area contributed by atoms with Gasteiger partial charge in [-0.25, -0.2) is 0 Å². The molecule has 0 radical (unpaired) electrons. The van der Waals surface area contributed by atoms with Gasteiger partial charge in [-0.2, -0.15) is 0 Å². The number of ether oxygens (including phenoxy) is 2. The molecule has 0 aliphatic rings. The van der Waals surface area contributed by atoms with Crippen molar-refractivity contribution in [3.63, 3.8) is 0 Å². The minimum Gasteiger partial charge on any atom is -0.490 e. The van der Waals surface area contributed by atoms with Crippen molar-refractivity contribution in [2.24, 2.45) is 0 Å². The Balaban J connectivity index is 2.86. The standard InChI is InChI=1S/C15H24N2O4/c1-11(2)16-10-13-9-14(17(18)19)5-6-15(13)21-12(3)7-8-20-4/h5-6,9,11-12,16H,7-8,10H2,1-4H3. The van der Waals surface area contributed by atoms with Crippen LogP contribution in [0.5, 0.6) is 5.75 Å². The van der Waals surface area contributed by atoms with Crippen LogP contribution < -0.4 is 10.1 Å². The second-order valence-corrected chi connectivity index (χ2v) is 5.29. The molecule has 6 nitrogen and oxygen atoms in total. The van der Waals surface area contributed by atoms with E-state index in [1.54, 1.807) is 19.2 Å². The summed E-state index contributed by atoms with van der Waals surface area (Å²) in [6, 6.07) is 4.99. The summed E-state index contributed by atoms with van der Waals surface area (Å²) < 4.78 is 10.9. The van der Waals surface area contributed by atoms with Gasteiger partial charge in [0.1, 0.15) is 5.75 Å². The number of methoxy groups -OCH3 is 1. The molecule has 1 unspecified atom stereocenters. The van der Waals surface area contributed by atoms with Gasteiger partial charge in [0.2, 0.25) is 0 Å². The molecule has 118 valence electrons. The van der Waals surface area contributed by atoms with Gasteiger partial charge >= 0.3 is 0 Å². The Bertz CT molecular complexity index is 463. The third kappa shape index (κ3) is 6.10. The molecular formula is C15H24N2O4. The predicted molar refractivity (Wildman–Crippen MR) is 81.7 cm³/mol. The Morgan fingerprint density at radius 3 is 2.62 bits per heavy atom. The van der Waals surface area contributed by atoms with E-state index in [4.69, 9.17) is 9.47 Å². The summed E-state index contributed by atoms with van der Waals surface area (Å²) in [4.78, 5) is 10.5. The third-order valence-electron chi connectivity index (χ3n) is 3.01. The molecule has 0 aliphatic carbocycles. The van der Waals surface area contributed by atoms with Crippen molar-refractivity contribution in [3.8, 4) is 5.75 Å². The fourth-order valence-corrected chi connectivity index (χ4v) is 1.81. The molecule has 1 aromatic rings. The first-order valence-corrected chi connectivity index (χ1v) is 7.10. The Morgan fingerprint density at radius 2 is 2.05 bits per heavy atom. The zero-order valence-corrected chi connectivity index (χ0v) is 13.1. The van der Waals surface area contributed by atoms with E-state index < -0.39 is 4.92 Å². The van der Waals surface area contributed by atoms with E-state index in [9.17, 15) is 10.1 Å². The number of nitro benzene ring substituents is 1. The lowest BCUT2D eigenvalue weighted by molar-refractivity contribution is -0.384. The molecule has 0 fully saturated rings. The molecule has 6 heteroatoms. The summed E-state index contributed by atoms with van der Waals surface area (Å²) in [7, 11) is 1.65. The van der Waals surface area contributed by atoms with Gasteiger partial charge in [0.25, 0.3) is 5.69 Å². The molecule has 1 aromatic carbocycles. The van der Waals surface area contributed by atoms with Gasteiger partial charge in [-0.05, 0) is 13.0 Å². The van der Waals surface area contributed by atoms with Gasteiger partial charge < -0.3 is 14.8 Å². The van der Waals surface area contributed by atoms with Crippen LogP contribution in [-0.2, 0) is 11.3 Å². The largest absolute Gasteiger partial charge is 0.490 e. The molecule has 1 N–H and O–H groups in total. The van der Waals surface area contributed by atoms with E-state index in [0.29, 0.717) is 24.9 Å². The van der Waals surface area contributed by atoms with Crippen LogP contribution in [0.1, 0.15) is 32.8 Å². The molecular weight excluding hydrogens is 272 g/mol. The Hall–Kier alpha value is -1.66. The van der Waals surface area contributed by atoms with E-state index in [1.807, 2.05) is 20.8 Å². The summed E-state index contributed by atoms with van der Waals surface area (Å²) in [6.45, 7) is 7.16. The number of nitrogens with zero attached hydrogens (tertiary/aromatic N) is 1. The fraction of sp³-hybridized carbons (Fsp3) is 0.600. The minimum atomic E-state index is -0.392. The first-order chi connectivity index (χ1) is 9.93. The molecule has 0 aliphatic heterocycles. The normalized spacial score (nSPS) is 12.4. The van der Waals surface area contributed by atoms with Crippen molar-refractivity contribution in [1.82, 2.24) is 5.32 Å². The molecule has 0 saturated carbocycles. The van der Waals surface area contributed by atoms with Crippen LogP contribution in [0.15, 0.2) is 18.2 Å². The van der Waals surface area contributed by atoms with Crippen molar-refractivity contribution in [2.75, 3.05) is 13.7 Å². The van der Waals surface area contributed by atoms with Crippen LogP contribution >= 0.6 is 0 Å². The minimum absolute atomic E-state index is 0.00999. The predicted octanol–water partition coefficient (Wildman–Crippen LogP) is 2.90. The van der Waals surface area contributed by atoms with Crippen LogP contribution in [0, 0.1) is 10.1 Å². The van der Waals surface area contributed by atoms with Gasteiger partial charge in [-0.1, -0.05) is 13.8 Å². The van der Waals surface area contributed by atoms with Gasteiger partial charge in [0.05, 0.1) is 11.0 Å². The molecule has 0 heterocycles. The smallest absolute Gasteiger partial charge is 0.270 e. The highest BCUT2D eigenvalue weighted by Crippen LogP contribution is 2.25. The lowest BCUT2D eigenvalue weighted by atomic mass is 10.1. The zero-order chi connectivity index (χ0) is 15.8. The second kappa shape index (κ2) is 8.59. The zero-order valence-electron chi connectivity index (χ0n) is 13.1. The van der Waals surface area contributed by atoms with Gasteiger partial charge in [-0.15, -0.1) is 0 Å². The Labute approximate surface area is 125 Å². The maximum atomic E-state index is 10.9. The highest BCUT2D eigenvalue weighted by atomic mass is 16.6. The molecule has 0 aromatic heterocycles. The van der Waals surface area contributed by atoms with Gasteiger partial charge in [0.15, 0.2) is 0 Å². The number of nitrogens with one attached hydrogen (secondary N) is 1. The average molecular weight is 296 g/mol. The van der Waals surface area contributed by atoms with Crippen LogP contribution in [0.4, 0.5) is 5.69 Å². The van der Waals surface area contributed by atoms with Gasteiger partial charge in [0, 0.05) is 50.4 Å². The summed E-state index contributed by atoms with van der Waals surface area (Å²) in [6.07, 6.45) is 0.758. The number of benzene rings is 1. The SMILES string of the molecule is COCCC(C)Oc1ccc([N+](=O)[O-])cc1CNC(C)C. The monoisotopic (exact) mass is 296 g/mol. The molecule has 0 spiro atoms. The van der Waals surface area contributed by atoms with Crippen LogP contribution in [0.25, 0.3) is 0 Å². The lowest BCUT2D eigenvalue weighted by Gasteiger charge is -2.18. The summed E-state index contributed by atoms with van der Waals surface area (Å²) in [5.74, 6) is 0.678. The highest BCUT2D eigenvalue weighted by molar-refractivity contribution is 5.44. The van der Waals surface area contributed by atoms with Crippen molar-refractivity contribution < 1.29 is 14.4 Å². The molecule has 0 saturated heterocycles. The summed E-state index contributed by atoms with van der Waals surface area (Å²) in [5, 5.41) is 14.2. The van der Waals surface area contributed by atoms with E-state index in [2.05, 4.69) is 5.32 Å². The summed E-state index contributed by atoms with van der Waals surface area (Å²) >= 11 is 0. The third-order valence-corrected chi connectivity index (χ3v) is 3.01. The van der Waals surface area contributed by atoms with Crippen molar-refractivity contribution in [1.29, 1.82) is 0 Å². The number of rotatable bonds is 9.